The summed E-state index contributed by atoms with van der Waals surface area (Å²) in [6.45, 7) is 2.63. The van der Waals surface area contributed by atoms with Crippen molar-refractivity contribution in [1.82, 2.24) is 4.90 Å². The number of rotatable bonds is 8. The van der Waals surface area contributed by atoms with Gasteiger partial charge in [0.2, 0.25) is 0 Å². The second-order valence-corrected chi connectivity index (χ2v) is 9.25. The van der Waals surface area contributed by atoms with Crippen LogP contribution in [0, 0.1) is 0 Å². The molecule has 1 atom stereocenters. The molecule has 0 radical (unpaired) electrons. The second-order valence-electron chi connectivity index (χ2n) is 8.84. The van der Waals surface area contributed by atoms with Gasteiger partial charge in [0.05, 0.1) is 30.4 Å². The second kappa shape index (κ2) is 11.0. The van der Waals surface area contributed by atoms with Crippen LogP contribution in [0.3, 0.4) is 0 Å². The Bertz CT molecular complexity index is 1330. The van der Waals surface area contributed by atoms with Gasteiger partial charge in [-0.25, -0.2) is 0 Å². The molecule has 1 amide bonds. The molecule has 0 spiro atoms. The van der Waals surface area contributed by atoms with Crippen LogP contribution in [0.1, 0.15) is 29.7 Å². The lowest BCUT2D eigenvalue weighted by molar-refractivity contribution is -0.140. The molecule has 1 heterocycles. The standard InChI is InChI=1S/C29H29ClN2O5/c1-5-37-22-13-6-18(7-14-22)17-32-26(19-8-11-21(12-9-19)31(2)3)25(28(34)29(32)35)27(33)20-10-15-23(30)24(16-20)36-4/h6-16,26,33H,5,17H2,1-4H3/b27-25-. The molecule has 8 heteroatoms. The smallest absolute Gasteiger partial charge is 0.295 e. The van der Waals surface area contributed by atoms with Gasteiger partial charge < -0.3 is 24.4 Å². The first-order valence-corrected chi connectivity index (χ1v) is 12.2. The van der Waals surface area contributed by atoms with Gasteiger partial charge in [-0.1, -0.05) is 35.9 Å². The summed E-state index contributed by atoms with van der Waals surface area (Å²) in [7, 11) is 5.33. The van der Waals surface area contributed by atoms with E-state index in [9.17, 15) is 14.7 Å². The van der Waals surface area contributed by atoms with Gasteiger partial charge in [-0.3, -0.25) is 9.59 Å². The molecule has 1 saturated heterocycles. The van der Waals surface area contributed by atoms with Crippen LogP contribution in [0.15, 0.2) is 72.3 Å². The maximum absolute atomic E-state index is 13.3. The normalized spacial score (nSPS) is 16.7. The summed E-state index contributed by atoms with van der Waals surface area (Å²) in [5, 5.41) is 11.7. The third-order valence-electron chi connectivity index (χ3n) is 6.28. The topological polar surface area (TPSA) is 79.3 Å². The summed E-state index contributed by atoms with van der Waals surface area (Å²) >= 11 is 6.16. The predicted octanol–water partition coefficient (Wildman–Crippen LogP) is 5.44. The Kier molecular flexibility index (Phi) is 7.74. The first-order chi connectivity index (χ1) is 17.7. The fourth-order valence-electron chi connectivity index (χ4n) is 4.36. The van der Waals surface area contributed by atoms with Gasteiger partial charge in [-0.05, 0) is 60.5 Å². The molecule has 0 bridgehead atoms. The minimum absolute atomic E-state index is 0.0120. The first kappa shape index (κ1) is 26.1. The molecular weight excluding hydrogens is 492 g/mol. The molecule has 1 unspecified atom stereocenters. The molecule has 37 heavy (non-hydrogen) atoms. The Morgan fingerprint density at radius 1 is 1.03 bits per heavy atom. The summed E-state index contributed by atoms with van der Waals surface area (Å²) in [5.41, 5.74) is 2.84. The maximum atomic E-state index is 13.3. The van der Waals surface area contributed by atoms with Gasteiger partial charge in [0.15, 0.2) is 0 Å². The molecule has 0 aromatic heterocycles. The Balaban J connectivity index is 1.82. The zero-order valence-corrected chi connectivity index (χ0v) is 22.0. The zero-order chi connectivity index (χ0) is 26.7. The van der Waals surface area contributed by atoms with Crippen molar-refractivity contribution in [2.75, 3.05) is 32.7 Å². The highest BCUT2D eigenvalue weighted by Gasteiger charge is 2.46. The molecule has 1 aliphatic rings. The SMILES string of the molecule is CCOc1ccc(CN2C(=O)C(=O)/C(=C(\O)c3ccc(Cl)c(OC)c3)C2c2ccc(N(C)C)cc2)cc1. The van der Waals surface area contributed by atoms with Gasteiger partial charge in [-0.2, -0.15) is 0 Å². The van der Waals surface area contributed by atoms with Crippen molar-refractivity contribution in [2.24, 2.45) is 0 Å². The van der Waals surface area contributed by atoms with Crippen LogP contribution in [-0.4, -0.2) is 49.5 Å². The highest BCUT2D eigenvalue weighted by molar-refractivity contribution is 6.46. The first-order valence-electron chi connectivity index (χ1n) is 11.9. The molecular formula is C29H29ClN2O5. The Morgan fingerprint density at radius 3 is 2.30 bits per heavy atom. The third kappa shape index (κ3) is 5.27. The number of methoxy groups -OCH3 is 1. The molecule has 4 rings (SSSR count). The minimum Gasteiger partial charge on any atom is -0.507 e. The van der Waals surface area contributed by atoms with E-state index in [1.165, 1.54) is 12.0 Å². The minimum atomic E-state index is -0.788. The third-order valence-corrected chi connectivity index (χ3v) is 6.59. The van der Waals surface area contributed by atoms with Crippen molar-refractivity contribution in [3.8, 4) is 11.5 Å². The predicted molar refractivity (Wildman–Crippen MR) is 144 cm³/mol. The van der Waals surface area contributed by atoms with Crippen LogP contribution in [0.4, 0.5) is 5.69 Å². The number of carbonyl (C=O) groups is 2. The average molecular weight is 521 g/mol. The highest BCUT2D eigenvalue weighted by atomic mass is 35.5. The number of anilines is 1. The Morgan fingerprint density at radius 2 is 1.70 bits per heavy atom. The highest BCUT2D eigenvalue weighted by Crippen LogP contribution is 2.41. The number of Topliss-reactive ketones (excluding diaryl/α,β-unsaturated/α-hetero) is 1. The molecule has 3 aromatic carbocycles. The van der Waals surface area contributed by atoms with Crippen LogP contribution in [0.2, 0.25) is 5.02 Å². The van der Waals surface area contributed by atoms with Crippen molar-refractivity contribution in [3.63, 3.8) is 0 Å². The zero-order valence-electron chi connectivity index (χ0n) is 21.2. The van der Waals surface area contributed by atoms with Crippen molar-refractivity contribution in [1.29, 1.82) is 0 Å². The lowest BCUT2D eigenvalue weighted by atomic mass is 9.95. The van der Waals surface area contributed by atoms with Crippen molar-refractivity contribution in [2.45, 2.75) is 19.5 Å². The van der Waals surface area contributed by atoms with E-state index in [0.717, 1.165) is 17.0 Å². The van der Waals surface area contributed by atoms with Crippen LogP contribution < -0.4 is 14.4 Å². The van der Waals surface area contributed by atoms with Crippen molar-refractivity contribution < 1.29 is 24.2 Å². The van der Waals surface area contributed by atoms with E-state index in [4.69, 9.17) is 21.1 Å². The van der Waals surface area contributed by atoms with Crippen molar-refractivity contribution in [3.05, 3.63) is 94.0 Å². The summed E-state index contributed by atoms with van der Waals surface area (Å²) in [6.07, 6.45) is 0. The fraction of sp³-hybridized carbons (Fsp3) is 0.241. The average Bonchev–Trinajstić information content (AvgIpc) is 3.14. The number of benzene rings is 3. The summed E-state index contributed by atoms with van der Waals surface area (Å²) in [5.74, 6) is -0.650. The van der Waals surface area contributed by atoms with Gasteiger partial charge in [0.25, 0.3) is 11.7 Å². The lowest BCUT2D eigenvalue weighted by Crippen LogP contribution is -2.29. The quantitative estimate of drug-likeness (QED) is 0.242. The molecule has 7 nitrogen and oxygen atoms in total. The van der Waals surface area contributed by atoms with E-state index >= 15 is 0 Å². The molecule has 0 saturated carbocycles. The van der Waals surface area contributed by atoms with Gasteiger partial charge in [0.1, 0.15) is 17.3 Å². The number of amides is 1. The van der Waals surface area contributed by atoms with E-state index in [1.54, 1.807) is 18.2 Å². The fourth-order valence-corrected chi connectivity index (χ4v) is 4.56. The number of likely N-dealkylation sites (tertiary alicyclic amines) is 1. The Hall–Kier alpha value is -3.97. The molecule has 1 fully saturated rings. The van der Waals surface area contributed by atoms with Crippen LogP contribution in [-0.2, 0) is 16.1 Å². The molecule has 192 valence electrons. The summed E-state index contributed by atoms with van der Waals surface area (Å²) in [6, 6.07) is 18.9. The molecule has 3 aromatic rings. The van der Waals surface area contributed by atoms with E-state index in [1.807, 2.05) is 74.4 Å². The largest absolute Gasteiger partial charge is 0.507 e. The molecule has 0 aliphatic carbocycles. The van der Waals surface area contributed by atoms with Gasteiger partial charge in [0, 0.05) is 31.9 Å². The maximum Gasteiger partial charge on any atom is 0.295 e. The van der Waals surface area contributed by atoms with Gasteiger partial charge in [-0.15, -0.1) is 0 Å². The molecule has 1 N–H and O–H groups in total. The van der Waals surface area contributed by atoms with Crippen molar-refractivity contribution >= 4 is 34.7 Å². The molecule has 1 aliphatic heterocycles. The summed E-state index contributed by atoms with van der Waals surface area (Å²) < 4.78 is 10.8. The number of ketones is 1. The van der Waals surface area contributed by atoms with E-state index < -0.39 is 17.7 Å². The summed E-state index contributed by atoms with van der Waals surface area (Å²) in [4.78, 5) is 30.1. The van der Waals surface area contributed by atoms with Gasteiger partial charge >= 0.3 is 0 Å². The number of hydrogen-bond donors (Lipinski definition) is 1. The number of hydrogen-bond acceptors (Lipinski definition) is 6. The van der Waals surface area contributed by atoms with Crippen LogP contribution in [0.25, 0.3) is 5.76 Å². The number of nitrogens with zero attached hydrogens (tertiary/aromatic N) is 2. The van der Waals surface area contributed by atoms with E-state index in [-0.39, 0.29) is 17.9 Å². The Labute approximate surface area is 221 Å². The number of aliphatic hydroxyl groups excluding tert-OH is 1. The van der Waals surface area contributed by atoms with Crippen LogP contribution >= 0.6 is 11.6 Å². The number of ether oxygens (including phenoxy) is 2. The lowest BCUT2D eigenvalue weighted by Gasteiger charge is -2.26. The number of carbonyl (C=O) groups excluding carboxylic acids is 2. The van der Waals surface area contributed by atoms with E-state index in [0.29, 0.717) is 28.5 Å². The monoisotopic (exact) mass is 520 g/mol. The number of halogens is 1. The van der Waals surface area contributed by atoms with Crippen LogP contribution in [0.5, 0.6) is 11.5 Å². The van der Waals surface area contributed by atoms with E-state index in [2.05, 4.69) is 0 Å². The number of aliphatic hydroxyl groups is 1.